The highest BCUT2D eigenvalue weighted by Crippen LogP contribution is 2.32. The first-order chi connectivity index (χ1) is 10.1. The van der Waals surface area contributed by atoms with Gasteiger partial charge in [0.25, 0.3) is 5.91 Å². The van der Waals surface area contributed by atoms with Crippen LogP contribution in [-0.2, 0) is 4.79 Å². The van der Waals surface area contributed by atoms with Crippen LogP contribution in [0.25, 0.3) is 0 Å². The molecule has 0 atom stereocenters. The summed E-state index contributed by atoms with van der Waals surface area (Å²) in [7, 11) is 0. The van der Waals surface area contributed by atoms with Gasteiger partial charge in [0.15, 0.2) is 0 Å². The number of benzene rings is 2. The van der Waals surface area contributed by atoms with E-state index in [4.69, 9.17) is 0 Å². The number of phenols is 2. The molecule has 1 aliphatic rings. The van der Waals surface area contributed by atoms with Gasteiger partial charge in [0.2, 0.25) is 5.91 Å². The van der Waals surface area contributed by atoms with Crippen LogP contribution in [0.3, 0.4) is 0 Å². The van der Waals surface area contributed by atoms with E-state index in [1.165, 1.54) is 17.0 Å². The lowest BCUT2D eigenvalue weighted by molar-refractivity contribution is -0.115. The van der Waals surface area contributed by atoms with Crippen LogP contribution in [0.15, 0.2) is 42.5 Å². The summed E-state index contributed by atoms with van der Waals surface area (Å²) in [6, 6.07) is 10.6. The second-order valence-corrected chi connectivity index (χ2v) is 4.66. The van der Waals surface area contributed by atoms with Crippen LogP contribution in [0.2, 0.25) is 0 Å². The lowest BCUT2D eigenvalue weighted by Crippen LogP contribution is -2.42. The van der Waals surface area contributed by atoms with E-state index in [9.17, 15) is 19.8 Å². The quantitative estimate of drug-likeness (QED) is 0.743. The van der Waals surface area contributed by atoms with E-state index in [2.05, 4.69) is 5.32 Å². The standard InChI is InChI=1S/C15H12N2O4/c18-9-5-6-10(13(19)7-9)15(21)17-8-14(20)16-11-3-1-2-4-12(11)17/h1-7,18-19H,8H2,(H,16,20). The number of carbonyl (C=O) groups excluding carboxylic acids is 2. The molecule has 0 aliphatic carbocycles. The smallest absolute Gasteiger partial charge is 0.262 e. The number of phenolic OH excluding ortho intramolecular Hbond substituents is 2. The van der Waals surface area contributed by atoms with E-state index in [0.717, 1.165) is 6.07 Å². The van der Waals surface area contributed by atoms with E-state index >= 15 is 0 Å². The maximum atomic E-state index is 12.5. The van der Waals surface area contributed by atoms with Crippen molar-refractivity contribution in [2.45, 2.75) is 0 Å². The first kappa shape index (κ1) is 13.0. The van der Waals surface area contributed by atoms with Crippen molar-refractivity contribution in [1.29, 1.82) is 0 Å². The van der Waals surface area contributed by atoms with Gasteiger partial charge in [-0.2, -0.15) is 0 Å². The number of anilines is 2. The summed E-state index contributed by atoms with van der Waals surface area (Å²) in [5.74, 6) is -1.28. The first-order valence-corrected chi connectivity index (χ1v) is 6.29. The number of amides is 2. The summed E-state index contributed by atoms with van der Waals surface area (Å²) < 4.78 is 0. The fourth-order valence-electron chi connectivity index (χ4n) is 2.26. The number of nitrogens with one attached hydrogen (secondary N) is 1. The van der Waals surface area contributed by atoms with Crippen LogP contribution in [0.4, 0.5) is 11.4 Å². The van der Waals surface area contributed by atoms with E-state index in [1.807, 2.05) is 0 Å². The third-order valence-electron chi connectivity index (χ3n) is 3.23. The van der Waals surface area contributed by atoms with Crippen molar-refractivity contribution in [3.63, 3.8) is 0 Å². The molecule has 3 rings (SSSR count). The van der Waals surface area contributed by atoms with Crippen LogP contribution in [0, 0.1) is 0 Å². The third kappa shape index (κ3) is 2.27. The Bertz CT molecular complexity index is 742. The summed E-state index contributed by atoms with van der Waals surface area (Å²) in [5, 5.41) is 21.8. The fraction of sp³-hybridized carbons (Fsp3) is 0.0667. The van der Waals surface area contributed by atoms with E-state index in [1.54, 1.807) is 24.3 Å². The van der Waals surface area contributed by atoms with Crippen molar-refractivity contribution < 1.29 is 19.8 Å². The van der Waals surface area contributed by atoms with Crippen LogP contribution >= 0.6 is 0 Å². The Labute approximate surface area is 120 Å². The van der Waals surface area contributed by atoms with Gasteiger partial charge in [0, 0.05) is 6.07 Å². The Morgan fingerprint density at radius 3 is 2.67 bits per heavy atom. The maximum absolute atomic E-state index is 12.5. The minimum absolute atomic E-state index is 0.0253. The number of nitrogens with zero attached hydrogens (tertiary/aromatic N) is 1. The van der Waals surface area contributed by atoms with Gasteiger partial charge in [-0.1, -0.05) is 12.1 Å². The zero-order chi connectivity index (χ0) is 15.0. The molecule has 6 heteroatoms. The molecule has 6 nitrogen and oxygen atoms in total. The summed E-state index contributed by atoms with van der Waals surface area (Å²) in [6.07, 6.45) is 0. The number of hydrogen-bond donors (Lipinski definition) is 3. The van der Waals surface area contributed by atoms with Crippen molar-refractivity contribution in [1.82, 2.24) is 0 Å². The molecule has 0 unspecified atom stereocenters. The average Bonchev–Trinajstić information content (AvgIpc) is 2.45. The molecule has 2 amide bonds. The lowest BCUT2D eigenvalue weighted by atomic mass is 10.1. The van der Waals surface area contributed by atoms with Crippen molar-refractivity contribution in [2.75, 3.05) is 16.8 Å². The molecule has 106 valence electrons. The minimum Gasteiger partial charge on any atom is -0.508 e. The maximum Gasteiger partial charge on any atom is 0.262 e. The summed E-state index contributed by atoms with van der Waals surface area (Å²) in [6.45, 7) is -0.129. The number of carbonyl (C=O) groups is 2. The van der Waals surface area contributed by atoms with E-state index in [0.29, 0.717) is 11.4 Å². The lowest BCUT2D eigenvalue weighted by Gasteiger charge is -2.29. The summed E-state index contributed by atoms with van der Waals surface area (Å²) in [4.78, 5) is 25.5. The highest BCUT2D eigenvalue weighted by Gasteiger charge is 2.28. The number of fused-ring (bicyclic) bond motifs is 1. The van der Waals surface area contributed by atoms with Crippen LogP contribution in [0.5, 0.6) is 11.5 Å². The second kappa shape index (κ2) is 4.82. The van der Waals surface area contributed by atoms with Crippen molar-refractivity contribution >= 4 is 23.2 Å². The van der Waals surface area contributed by atoms with Crippen LogP contribution in [-0.4, -0.2) is 28.6 Å². The average molecular weight is 284 g/mol. The Morgan fingerprint density at radius 1 is 1.14 bits per heavy atom. The molecule has 3 N–H and O–H groups in total. The molecule has 0 radical (unpaired) electrons. The van der Waals surface area contributed by atoms with Gasteiger partial charge >= 0.3 is 0 Å². The van der Waals surface area contributed by atoms with E-state index in [-0.39, 0.29) is 29.5 Å². The minimum atomic E-state index is -0.505. The summed E-state index contributed by atoms with van der Waals surface area (Å²) >= 11 is 0. The molecule has 2 aromatic carbocycles. The summed E-state index contributed by atoms with van der Waals surface area (Å²) in [5.41, 5.74) is 1.13. The largest absolute Gasteiger partial charge is 0.508 e. The number of aromatic hydroxyl groups is 2. The highest BCUT2D eigenvalue weighted by molar-refractivity contribution is 6.16. The van der Waals surface area contributed by atoms with Crippen molar-refractivity contribution in [3.05, 3.63) is 48.0 Å². The van der Waals surface area contributed by atoms with Crippen LogP contribution < -0.4 is 10.2 Å². The third-order valence-corrected chi connectivity index (χ3v) is 3.23. The zero-order valence-corrected chi connectivity index (χ0v) is 10.9. The molecule has 0 saturated heterocycles. The van der Waals surface area contributed by atoms with Crippen molar-refractivity contribution in [2.24, 2.45) is 0 Å². The molecule has 1 aliphatic heterocycles. The second-order valence-electron chi connectivity index (χ2n) is 4.66. The molecule has 0 fully saturated rings. The molecule has 21 heavy (non-hydrogen) atoms. The predicted molar refractivity (Wildman–Crippen MR) is 76.5 cm³/mol. The van der Waals surface area contributed by atoms with Gasteiger partial charge < -0.3 is 15.5 Å². The Balaban J connectivity index is 2.04. The van der Waals surface area contributed by atoms with Crippen LogP contribution in [0.1, 0.15) is 10.4 Å². The van der Waals surface area contributed by atoms with Gasteiger partial charge in [0.1, 0.15) is 18.0 Å². The molecule has 1 heterocycles. The zero-order valence-electron chi connectivity index (χ0n) is 10.9. The van der Waals surface area contributed by atoms with Gasteiger partial charge in [-0.15, -0.1) is 0 Å². The van der Waals surface area contributed by atoms with E-state index < -0.39 is 5.91 Å². The molecular weight excluding hydrogens is 272 g/mol. The predicted octanol–water partition coefficient (Wildman–Crippen LogP) is 1.70. The van der Waals surface area contributed by atoms with Gasteiger partial charge in [-0.3, -0.25) is 14.5 Å². The monoisotopic (exact) mass is 284 g/mol. The van der Waals surface area contributed by atoms with Crippen molar-refractivity contribution in [3.8, 4) is 11.5 Å². The van der Waals surface area contributed by atoms with Gasteiger partial charge in [-0.05, 0) is 24.3 Å². The Kier molecular flexibility index (Phi) is 2.98. The van der Waals surface area contributed by atoms with Gasteiger partial charge in [-0.25, -0.2) is 0 Å². The number of para-hydroxylation sites is 2. The fourth-order valence-corrected chi connectivity index (χ4v) is 2.26. The highest BCUT2D eigenvalue weighted by atomic mass is 16.3. The Morgan fingerprint density at radius 2 is 1.90 bits per heavy atom. The normalized spacial score (nSPS) is 13.5. The SMILES string of the molecule is O=C1CN(C(=O)c2ccc(O)cc2O)c2ccccc2N1. The molecule has 0 spiro atoms. The molecule has 0 aromatic heterocycles. The first-order valence-electron chi connectivity index (χ1n) is 6.29. The molecule has 0 bridgehead atoms. The molecule has 2 aromatic rings. The Hall–Kier alpha value is -3.02. The number of hydrogen-bond acceptors (Lipinski definition) is 4. The van der Waals surface area contributed by atoms with Gasteiger partial charge in [0.05, 0.1) is 16.9 Å². The molecule has 0 saturated carbocycles. The number of rotatable bonds is 1. The molecular formula is C15H12N2O4. The topological polar surface area (TPSA) is 89.9 Å².